The Balaban J connectivity index is 2.03. The van der Waals surface area contributed by atoms with Crippen LogP contribution < -0.4 is 4.74 Å². The van der Waals surface area contributed by atoms with Gasteiger partial charge < -0.3 is 9.84 Å². The van der Waals surface area contributed by atoms with E-state index in [9.17, 15) is 4.79 Å². The molecule has 3 nitrogen and oxygen atoms in total. The van der Waals surface area contributed by atoms with Gasteiger partial charge in [-0.15, -0.1) is 0 Å². The SMILES string of the molecule is Cc1cc(OCc2ccccc2)ccc1C(C)CC(=O)O. The Hall–Kier alpha value is -2.29. The third-order valence-corrected chi connectivity index (χ3v) is 3.50. The fourth-order valence-electron chi connectivity index (χ4n) is 2.40. The summed E-state index contributed by atoms with van der Waals surface area (Å²) in [5.74, 6) is 0.0413. The number of aliphatic carboxylic acids is 1. The molecule has 0 fully saturated rings. The molecule has 3 heteroatoms. The number of aryl methyl sites for hydroxylation is 1. The van der Waals surface area contributed by atoms with Crippen molar-refractivity contribution in [3.8, 4) is 5.75 Å². The molecule has 110 valence electrons. The van der Waals surface area contributed by atoms with Gasteiger partial charge in [-0.25, -0.2) is 0 Å². The lowest BCUT2D eigenvalue weighted by atomic mass is 9.94. The van der Waals surface area contributed by atoms with E-state index in [2.05, 4.69) is 0 Å². The Kier molecular flexibility index (Phi) is 4.99. The van der Waals surface area contributed by atoms with Gasteiger partial charge in [0.15, 0.2) is 0 Å². The van der Waals surface area contributed by atoms with Crippen LogP contribution in [0.4, 0.5) is 0 Å². The van der Waals surface area contributed by atoms with E-state index in [1.165, 1.54) is 0 Å². The van der Waals surface area contributed by atoms with Crippen LogP contribution in [0.5, 0.6) is 5.75 Å². The van der Waals surface area contributed by atoms with E-state index >= 15 is 0 Å². The van der Waals surface area contributed by atoms with Crippen LogP contribution in [0.15, 0.2) is 48.5 Å². The van der Waals surface area contributed by atoms with E-state index in [0.29, 0.717) is 6.61 Å². The minimum Gasteiger partial charge on any atom is -0.489 e. The number of carboxylic acids is 1. The summed E-state index contributed by atoms with van der Waals surface area (Å²) in [6.07, 6.45) is 0.144. The fourth-order valence-corrected chi connectivity index (χ4v) is 2.40. The fraction of sp³-hybridized carbons (Fsp3) is 0.278. The molecular formula is C18H20O3. The normalized spacial score (nSPS) is 11.9. The summed E-state index contributed by atoms with van der Waals surface area (Å²) in [6.45, 7) is 4.45. The molecule has 2 aromatic rings. The van der Waals surface area contributed by atoms with Crippen molar-refractivity contribution in [1.82, 2.24) is 0 Å². The monoisotopic (exact) mass is 284 g/mol. The second-order valence-corrected chi connectivity index (χ2v) is 5.29. The Labute approximate surface area is 125 Å². The first-order chi connectivity index (χ1) is 10.1. The standard InChI is InChI=1S/C18H20O3/c1-13-10-16(21-12-15-6-4-3-5-7-15)8-9-17(13)14(2)11-18(19)20/h3-10,14H,11-12H2,1-2H3,(H,19,20). The van der Waals surface area contributed by atoms with E-state index < -0.39 is 5.97 Å². The van der Waals surface area contributed by atoms with E-state index in [1.54, 1.807) is 0 Å². The van der Waals surface area contributed by atoms with E-state index in [1.807, 2.05) is 62.4 Å². The van der Waals surface area contributed by atoms with Crippen molar-refractivity contribution in [2.24, 2.45) is 0 Å². The highest BCUT2D eigenvalue weighted by Gasteiger charge is 2.12. The highest BCUT2D eigenvalue weighted by molar-refractivity contribution is 5.68. The molecule has 21 heavy (non-hydrogen) atoms. The molecule has 2 rings (SSSR count). The minimum atomic E-state index is -0.772. The van der Waals surface area contributed by atoms with Crippen LogP contribution in [0.2, 0.25) is 0 Å². The lowest BCUT2D eigenvalue weighted by Gasteiger charge is -2.14. The minimum absolute atomic E-state index is 0.00525. The van der Waals surface area contributed by atoms with Crippen molar-refractivity contribution in [3.63, 3.8) is 0 Å². The molecule has 0 amide bonds. The summed E-state index contributed by atoms with van der Waals surface area (Å²) in [5.41, 5.74) is 3.25. The van der Waals surface area contributed by atoms with Crippen LogP contribution >= 0.6 is 0 Å². The zero-order valence-electron chi connectivity index (χ0n) is 12.4. The smallest absolute Gasteiger partial charge is 0.303 e. The number of carbonyl (C=O) groups is 1. The van der Waals surface area contributed by atoms with Gasteiger partial charge >= 0.3 is 5.97 Å². The quantitative estimate of drug-likeness (QED) is 0.866. The zero-order valence-corrected chi connectivity index (χ0v) is 12.4. The number of ether oxygens (including phenoxy) is 1. The van der Waals surface area contributed by atoms with Crippen molar-refractivity contribution in [1.29, 1.82) is 0 Å². The van der Waals surface area contributed by atoms with E-state index in [4.69, 9.17) is 9.84 Å². The number of hydrogen-bond acceptors (Lipinski definition) is 2. The second-order valence-electron chi connectivity index (χ2n) is 5.29. The molecule has 0 spiro atoms. The van der Waals surface area contributed by atoms with Gasteiger partial charge in [-0.1, -0.05) is 43.3 Å². The summed E-state index contributed by atoms with van der Waals surface area (Å²) in [4.78, 5) is 10.8. The van der Waals surface area contributed by atoms with Gasteiger partial charge in [0.1, 0.15) is 12.4 Å². The maximum Gasteiger partial charge on any atom is 0.303 e. The van der Waals surface area contributed by atoms with Crippen LogP contribution in [0, 0.1) is 6.92 Å². The van der Waals surface area contributed by atoms with Gasteiger partial charge in [-0.05, 0) is 41.7 Å². The summed E-state index contributed by atoms with van der Waals surface area (Å²) < 4.78 is 5.77. The first kappa shape index (κ1) is 15.1. The predicted octanol–water partition coefficient (Wildman–Crippen LogP) is 4.15. The zero-order chi connectivity index (χ0) is 15.2. The molecule has 0 saturated carbocycles. The molecule has 0 aromatic heterocycles. The molecule has 0 aliphatic heterocycles. The first-order valence-corrected chi connectivity index (χ1v) is 7.05. The van der Waals surface area contributed by atoms with Crippen LogP contribution in [-0.4, -0.2) is 11.1 Å². The number of benzene rings is 2. The molecule has 0 bridgehead atoms. The van der Waals surface area contributed by atoms with Gasteiger partial charge in [0.25, 0.3) is 0 Å². The van der Waals surface area contributed by atoms with Crippen LogP contribution in [0.25, 0.3) is 0 Å². The molecule has 0 heterocycles. The second kappa shape index (κ2) is 6.93. The van der Waals surface area contributed by atoms with Crippen molar-refractivity contribution in [2.75, 3.05) is 0 Å². The highest BCUT2D eigenvalue weighted by atomic mass is 16.5. The van der Waals surface area contributed by atoms with E-state index in [0.717, 1.165) is 22.4 Å². The largest absolute Gasteiger partial charge is 0.489 e. The summed E-state index contributed by atoms with van der Waals surface area (Å²) in [7, 11) is 0. The van der Waals surface area contributed by atoms with Crippen molar-refractivity contribution < 1.29 is 14.6 Å². The maximum absolute atomic E-state index is 10.8. The molecule has 0 radical (unpaired) electrons. The molecule has 0 aliphatic rings. The molecular weight excluding hydrogens is 264 g/mol. The molecule has 1 atom stereocenters. The van der Waals surface area contributed by atoms with Gasteiger partial charge in [0, 0.05) is 0 Å². The topological polar surface area (TPSA) is 46.5 Å². The molecule has 0 saturated heterocycles. The summed E-state index contributed by atoms with van der Waals surface area (Å²) in [6, 6.07) is 15.8. The Bertz CT molecular complexity index is 605. The third kappa shape index (κ3) is 4.35. The molecule has 1 unspecified atom stereocenters. The van der Waals surface area contributed by atoms with E-state index in [-0.39, 0.29) is 12.3 Å². The van der Waals surface area contributed by atoms with Gasteiger partial charge in [-0.3, -0.25) is 4.79 Å². The molecule has 2 aromatic carbocycles. The third-order valence-electron chi connectivity index (χ3n) is 3.50. The Morgan fingerprint density at radius 1 is 1.19 bits per heavy atom. The van der Waals surface area contributed by atoms with Crippen LogP contribution in [0.3, 0.4) is 0 Å². The summed E-state index contributed by atoms with van der Waals surface area (Å²) in [5, 5.41) is 8.88. The molecule has 0 aliphatic carbocycles. The lowest BCUT2D eigenvalue weighted by molar-refractivity contribution is -0.137. The van der Waals surface area contributed by atoms with Crippen molar-refractivity contribution in [3.05, 3.63) is 65.2 Å². The number of hydrogen-bond donors (Lipinski definition) is 1. The van der Waals surface area contributed by atoms with Crippen molar-refractivity contribution in [2.45, 2.75) is 32.8 Å². The lowest BCUT2D eigenvalue weighted by Crippen LogP contribution is -2.04. The average Bonchev–Trinajstić information content (AvgIpc) is 2.45. The Morgan fingerprint density at radius 2 is 1.90 bits per heavy atom. The predicted molar refractivity (Wildman–Crippen MR) is 82.6 cm³/mol. The van der Waals surface area contributed by atoms with Crippen LogP contribution in [-0.2, 0) is 11.4 Å². The van der Waals surface area contributed by atoms with Gasteiger partial charge in [0.05, 0.1) is 6.42 Å². The van der Waals surface area contributed by atoms with Crippen LogP contribution in [0.1, 0.15) is 36.0 Å². The van der Waals surface area contributed by atoms with Crippen molar-refractivity contribution >= 4 is 5.97 Å². The number of carboxylic acid groups (broad SMARTS) is 1. The Morgan fingerprint density at radius 3 is 2.52 bits per heavy atom. The molecule has 1 N–H and O–H groups in total. The maximum atomic E-state index is 10.8. The van der Waals surface area contributed by atoms with Gasteiger partial charge in [0.2, 0.25) is 0 Å². The first-order valence-electron chi connectivity index (χ1n) is 7.05. The average molecular weight is 284 g/mol. The number of rotatable bonds is 6. The highest BCUT2D eigenvalue weighted by Crippen LogP contribution is 2.26. The summed E-state index contributed by atoms with van der Waals surface area (Å²) >= 11 is 0. The van der Waals surface area contributed by atoms with Gasteiger partial charge in [-0.2, -0.15) is 0 Å².